The Labute approximate surface area is 144 Å². The number of hydrogen-bond acceptors (Lipinski definition) is 3. The fourth-order valence-electron chi connectivity index (χ4n) is 4.33. The van der Waals surface area contributed by atoms with Gasteiger partial charge in [0.25, 0.3) is 0 Å². The van der Waals surface area contributed by atoms with Crippen LogP contribution >= 0.6 is 0 Å². The summed E-state index contributed by atoms with van der Waals surface area (Å²) in [6.45, 7) is 4.95. The first-order chi connectivity index (χ1) is 11.5. The van der Waals surface area contributed by atoms with Gasteiger partial charge in [-0.2, -0.15) is 0 Å². The fourth-order valence-corrected chi connectivity index (χ4v) is 4.33. The summed E-state index contributed by atoms with van der Waals surface area (Å²) in [6.07, 6.45) is 11.3. The Morgan fingerprint density at radius 2 is 1.83 bits per heavy atom. The number of hydrogen-bond donors (Lipinski definition) is 1. The van der Waals surface area contributed by atoms with Crippen LogP contribution in [-0.2, 0) is 18.4 Å². The molecule has 3 heteroatoms. The molecule has 0 spiro atoms. The molecule has 0 bridgehead atoms. The molecular formula is C21H27NO2. The van der Waals surface area contributed by atoms with Crippen molar-refractivity contribution in [3.63, 3.8) is 0 Å². The molecule has 24 heavy (non-hydrogen) atoms. The van der Waals surface area contributed by atoms with Crippen LogP contribution in [0.1, 0.15) is 62.6 Å². The summed E-state index contributed by atoms with van der Waals surface area (Å²) in [5, 5.41) is 11.8. The molecule has 3 aliphatic rings. The number of rotatable bonds is 1. The van der Waals surface area contributed by atoms with Gasteiger partial charge in [0, 0.05) is 17.2 Å². The molecule has 0 saturated heterocycles. The zero-order chi connectivity index (χ0) is 16.8. The normalized spacial score (nSPS) is 28.2. The van der Waals surface area contributed by atoms with Crippen molar-refractivity contribution in [2.75, 3.05) is 6.61 Å². The molecule has 0 radical (unpaired) electrons. The van der Waals surface area contributed by atoms with Crippen molar-refractivity contribution in [2.45, 2.75) is 64.4 Å². The molecule has 2 aliphatic heterocycles. The second kappa shape index (κ2) is 5.73. The standard InChI is InChI=1S/C21H27NO2/c1-20(2)13-21(23,19-9-5-6-10-22-19)17-11-15-7-3-4-8-16(15)12-18(17)24-14-20/h9-12,23H,3-8,13-14H2,1-2H3. The van der Waals surface area contributed by atoms with E-state index in [9.17, 15) is 5.11 Å². The van der Waals surface area contributed by atoms with Crippen LogP contribution in [0.2, 0.25) is 0 Å². The van der Waals surface area contributed by atoms with Gasteiger partial charge in [0.1, 0.15) is 11.4 Å². The monoisotopic (exact) mass is 325 g/mol. The van der Waals surface area contributed by atoms with E-state index in [1.807, 2.05) is 6.21 Å². The van der Waals surface area contributed by atoms with Crippen LogP contribution in [0.25, 0.3) is 0 Å². The number of aliphatic imine (C=N–C) groups is 1. The van der Waals surface area contributed by atoms with E-state index in [4.69, 9.17) is 4.74 Å². The number of nitrogens with zero attached hydrogens (tertiary/aromatic N) is 1. The van der Waals surface area contributed by atoms with Crippen molar-refractivity contribution in [1.29, 1.82) is 0 Å². The van der Waals surface area contributed by atoms with Crippen LogP contribution < -0.4 is 4.74 Å². The summed E-state index contributed by atoms with van der Waals surface area (Å²) in [7, 11) is 0. The summed E-state index contributed by atoms with van der Waals surface area (Å²) in [5.74, 6) is 0.852. The molecule has 0 fully saturated rings. The molecule has 1 unspecified atom stereocenters. The molecule has 2 heterocycles. The topological polar surface area (TPSA) is 41.8 Å². The van der Waals surface area contributed by atoms with Crippen LogP contribution in [0.15, 0.2) is 28.9 Å². The zero-order valence-electron chi connectivity index (χ0n) is 14.8. The minimum Gasteiger partial charge on any atom is -0.493 e. The molecule has 1 N–H and O–H groups in total. The van der Waals surface area contributed by atoms with E-state index in [1.165, 1.54) is 24.0 Å². The minimum atomic E-state index is -1.06. The molecule has 1 aromatic carbocycles. The Morgan fingerprint density at radius 1 is 1.08 bits per heavy atom. The fraction of sp³-hybridized carbons (Fsp3) is 0.571. The molecule has 0 aromatic heterocycles. The van der Waals surface area contributed by atoms with Gasteiger partial charge in [0.05, 0.1) is 12.3 Å². The van der Waals surface area contributed by atoms with Crippen molar-refractivity contribution in [1.82, 2.24) is 0 Å². The van der Waals surface area contributed by atoms with Gasteiger partial charge < -0.3 is 9.84 Å². The lowest BCUT2D eigenvalue weighted by Gasteiger charge is -2.35. The maximum absolute atomic E-state index is 11.8. The summed E-state index contributed by atoms with van der Waals surface area (Å²) in [5.41, 5.74) is 3.31. The highest BCUT2D eigenvalue weighted by atomic mass is 16.5. The number of allylic oxidation sites excluding steroid dienone is 1. The summed E-state index contributed by atoms with van der Waals surface area (Å²) in [4.78, 5) is 4.57. The van der Waals surface area contributed by atoms with E-state index in [-0.39, 0.29) is 5.41 Å². The summed E-state index contributed by atoms with van der Waals surface area (Å²) in [6, 6.07) is 4.39. The Morgan fingerprint density at radius 3 is 2.54 bits per heavy atom. The predicted octanol–water partition coefficient (Wildman–Crippen LogP) is 4.31. The Kier molecular flexibility index (Phi) is 3.80. The summed E-state index contributed by atoms with van der Waals surface area (Å²) >= 11 is 0. The number of benzene rings is 1. The van der Waals surface area contributed by atoms with Gasteiger partial charge in [-0.1, -0.05) is 19.9 Å². The number of fused-ring (bicyclic) bond motifs is 2. The second-order valence-electron chi connectivity index (χ2n) is 8.29. The number of aryl methyl sites for hydroxylation is 2. The van der Waals surface area contributed by atoms with Gasteiger partial charge in [-0.05, 0) is 68.2 Å². The maximum Gasteiger partial charge on any atom is 0.135 e. The summed E-state index contributed by atoms with van der Waals surface area (Å²) < 4.78 is 6.18. The lowest BCUT2D eigenvalue weighted by atomic mass is 9.74. The van der Waals surface area contributed by atoms with Gasteiger partial charge in [0.2, 0.25) is 0 Å². The molecular weight excluding hydrogens is 298 g/mol. The first-order valence-corrected chi connectivity index (χ1v) is 9.23. The lowest BCUT2D eigenvalue weighted by molar-refractivity contribution is 0.0250. The Hall–Kier alpha value is -1.61. The molecule has 0 saturated carbocycles. The highest BCUT2D eigenvalue weighted by molar-refractivity contribution is 5.62. The third kappa shape index (κ3) is 2.69. The number of aliphatic hydroxyl groups is 1. The SMILES string of the molecule is CC1(C)COc2cc3c(cc2C(O)(C2=CCCC=N2)C1)CCCC3. The molecule has 4 rings (SSSR count). The van der Waals surface area contributed by atoms with Gasteiger partial charge in [-0.25, -0.2) is 0 Å². The highest BCUT2D eigenvalue weighted by Gasteiger charge is 2.44. The van der Waals surface area contributed by atoms with Crippen LogP contribution in [-0.4, -0.2) is 17.9 Å². The zero-order valence-corrected chi connectivity index (χ0v) is 14.8. The van der Waals surface area contributed by atoms with Crippen LogP contribution in [0.5, 0.6) is 5.75 Å². The third-order valence-corrected chi connectivity index (χ3v) is 5.53. The highest BCUT2D eigenvalue weighted by Crippen LogP contribution is 2.49. The first-order valence-electron chi connectivity index (χ1n) is 9.23. The van der Waals surface area contributed by atoms with Crippen molar-refractivity contribution in [3.05, 3.63) is 40.6 Å². The first kappa shape index (κ1) is 15.9. The van der Waals surface area contributed by atoms with Crippen molar-refractivity contribution in [3.8, 4) is 5.75 Å². The Bertz CT molecular complexity index is 717. The van der Waals surface area contributed by atoms with Crippen molar-refractivity contribution >= 4 is 6.21 Å². The van der Waals surface area contributed by atoms with E-state index < -0.39 is 5.60 Å². The minimum absolute atomic E-state index is 0.109. The third-order valence-electron chi connectivity index (χ3n) is 5.53. The lowest BCUT2D eigenvalue weighted by Crippen LogP contribution is -2.34. The van der Waals surface area contributed by atoms with Crippen LogP contribution in [0.4, 0.5) is 0 Å². The average Bonchev–Trinajstić information content (AvgIpc) is 2.69. The van der Waals surface area contributed by atoms with Gasteiger partial charge >= 0.3 is 0 Å². The molecule has 0 amide bonds. The van der Waals surface area contributed by atoms with E-state index in [1.54, 1.807) is 0 Å². The Balaban J connectivity index is 1.88. The van der Waals surface area contributed by atoms with Gasteiger partial charge in [-0.15, -0.1) is 0 Å². The van der Waals surface area contributed by atoms with E-state index in [2.05, 4.69) is 37.0 Å². The maximum atomic E-state index is 11.8. The van der Waals surface area contributed by atoms with Crippen LogP contribution in [0.3, 0.4) is 0 Å². The average molecular weight is 325 g/mol. The van der Waals surface area contributed by atoms with Crippen molar-refractivity contribution in [2.24, 2.45) is 10.4 Å². The van der Waals surface area contributed by atoms with Crippen LogP contribution in [0, 0.1) is 5.41 Å². The quantitative estimate of drug-likeness (QED) is 0.836. The molecule has 128 valence electrons. The van der Waals surface area contributed by atoms with E-state index in [0.717, 1.165) is 42.7 Å². The van der Waals surface area contributed by atoms with Gasteiger partial charge in [-0.3, -0.25) is 4.99 Å². The van der Waals surface area contributed by atoms with E-state index >= 15 is 0 Å². The molecule has 1 atom stereocenters. The largest absolute Gasteiger partial charge is 0.493 e. The number of ether oxygens (including phenoxy) is 1. The predicted molar refractivity (Wildman–Crippen MR) is 96.7 cm³/mol. The van der Waals surface area contributed by atoms with E-state index in [0.29, 0.717) is 13.0 Å². The van der Waals surface area contributed by atoms with Gasteiger partial charge in [0.15, 0.2) is 0 Å². The molecule has 1 aromatic rings. The molecule has 3 nitrogen and oxygen atoms in total. The molecule has 1 aliphatic carbocycles. The smallest absolute Gasteiger partial charge is 0.135 e. The second-order valence-corrected chi connectivity index (χ2v) is 8.29. The van der Waals surface area contributed by atoms with Crippen molar-refractivity contribution < 1.29 is 9.84 Å².